The number of carboxylic acids is 1. The molecule has 0 bridgehead atoms. The minimum atomic E-state index is -1.10. The van der Waals surface area contributed by atoms with Gasteiger partial charge in [0.25, 0.3) is 5.91 Å². The number of benzene rings is 1. The van der Waals surface area contributed by atoms with Crippen molar-refractivity contribution in [2.24, 2.45) is 0 Å². The number of nitrogens with one attached hydrogen (secondary N) is 1. The van der Waals surface area contributed by atoms with E-state index in [0.717, 1.165) is 0 Å². The number of rotatable bonds is 1. The van der Waals surface area contributed by atoms with Crippen LogP contribution in [-0.4, -0.2) is 23.0 Å². The summed E-state index contributed by atoms with van der Waals surface area (Å²) in [4.78, 5) is 22.4. The van der Waals surface area contributed by atoms with Crippen LogP contribution in [0.5, 0.6) is 0 Å². The molecule has 1 heterocycles. The maximum atomic E-state index is 13.4. The molecule has 0 aliphatic carbocycles. The lowest BCUT2D eigenvalue weighted by Gasteiger charge is -2.09. The van der Waals surface area contributed by atoms with Crippen LogP contribution in [0.4, 0.5) is 4.39 Å². The third-order valence-corrected chi connectivity index (χ3v) is 2.65. The first kappa shape index (κ1) is 10.6. The molecule has 1 amide bonds. The van der Waals surface area contributed by atoms with E-state index in [1.165, 1.54) is 18.2 Å². The molecule has 1 unspecified atom stereocenters. The molecule has 4 nitrogen and oxygen atoms in total. The lowest BCUT2D eigenvalue weighted by atomic mass is 10.0. The summed E-state index contributed by atoms with van der Waals surface area (Å²) < 4.78 is 13.4. The van der Waals surface area contributed by atoms with Crippen molar-refractivity contribution in [3.63, 3.8) is 0 Å². The fourth-order valence-electron chi connectivity index (χ4n) is 1.81. The van der Waals surface area contributed by atoms with Crippen LogP contribution in [0.25, 0.3) is 0 Å². The number of amides is 1. The summed E-state index contributed by atoms with van der Waals surface area (Å²) in [5, 5.41) is 11.2. The van der Waals surface area contributed by atoms with E-state index in [1.807, 2.05) is 0 Å². The Balaban J connectivity index is 2.39. The predicted octanol–water partition coefficient (Wildman–Crippen LogP) is 0.955. The van der Waals surface area contributed by atoms with Gasteiger partial charge in [0.1, 0.15) is 11.9 Å². The van der Waals surface area contributed by atoms with Gasteiger partial charge in [0, 0.05) is 11.1 Å². The third-order valence-electron chi connectivity index (χ3n) is 2.65. The van der Waals surface area contributed by atoms with Crippen molar-refractivity contribution in [1.29, 1.82) is 0 Å². The number of carboxylic acid groups (broad SMARTS) is 1. The van der Waals surface area contributed by atoms with Gasteiger partial charge in [-0.25, -0.2) is 9.18 Å². The topological polar surface area (TPSA) is 66.4 Å². The molecule has 16 heavy (non-hydrogen) atoms. The van der Waals surface area contributed by atoms with Gasteiger partial charge in [0.15, 0.2) is 0 Å². The van der Waals surface area contributed by atoms with Gasteiger partial charge in [0.2, 0.25) is 0 Å². The van der Waals surface area contributed by atoms with E-state index >= 15 is 0 Å². The van der Waals surface area contributed by atoms with Crippen LogP contribution < -0.4 is 5.32 Å². The van der Waals surface area contributed by atoms with Gasteiger partial charge >= 0.3 is 5.97 Å². The molecule has 0 fully saturated rings. The van der Waals surface area contributed by atoms with Crippen molar-refractivity contribution in [3.8, 4) is 0 Å². The molecule has 1 aliphatic rings. The molecule has 84 valence electrons. The monoisotopic (exact) mass is 223 g/mol. The van der Waals surface area contributed by atoms with E-state index in [-0.39, 0.29) is 18.4 Å². The Hall–Kier alpha value is -1.91. The zero-order valence-electron chi connectivity index (χ0n) is 8.37. The molecule has 1 aromatic carbocycles. The van der Waals surface area contributed by atoms with Crippen LogP contribution in [0.3, 0.4) is 0 Å². The second kappa shape index (κ2) is 3.92. The van der Waals surface area contributed by atoms with Crippen molar-refractivity contribution in [3.05, 3.63) is 35.1 Å². The smallest absolute Gasteiger partial charge is 0.326 e. The first-order valence-corrected chi connectivity index (χ1v) is 4.90. The Bertz CT molecular complexity index is 459. The molecule has 1 aliphatic heterocycles. The van der Waals surface area contributed by atoms with Crippen LogP contribution in [0.1, 0.15) is 22.3 Å². The average Bonchev–Trinajstić information content (AvgIpc) is 2.40. The molecular formula is C11H10FNO3. The SMILES string of the molecule is O=C1NC(C(=O)O)CCc2c(F)cccc21. The summed E-state index contributed by atoms with van der Waals surface area (Å²) in [6.07, 6.45) is 0.451. The number of hydrogen-bond donors (Lipinski definition) is 2. The Morgan fingerprint density at radius 2 is 2.25 bits per heavy atom. The number of hydrogen-bond acceptors (Lipinski definition) is 2. The van der Waals surface area contributed by atoms with Gasteiger partial charge in [-0.3, -0.25) is 4.79 Å². The minimum absolute atomic E-state index is 0.203. The molecule has 5 heteroatoms. The van der Waals surface area contributed by atoms with Crippen molar-refractivity contribution >= 4 is 11.9 Å². The highest BCUT2D eigenvalue weighted by atomic mass is 19.1. The normalized spacial score (nSPS) is 19.6. The fraction of sp³-hybridized carbons (Fsp3) is 0.273. The summed E-state index contributed by atoms with van der Waals surface area (Å²) in [5.74, 6) is -2.08. The van der Waals surface area contributed by atoms with Gasteiger partial charge in [-0.15, -0.1) is 0 Å². The van der Waals surface area contributed by atoms with Crippen LogP contribution in [0.15, 0.2) is 18.2 Å². The Labute approximate surface area is 91.1 Å². The zero-order valence-corrected chi connectivity index (χ0v) is 8.37. The second-order valence-electron chi connectivity index (χ2n) is 3.67. The molecule has 1 aromatic rings. The van der Waals surface area contributed by atoms with Gasteiger partial charge in [-0.1, -0.05) is 6.07 Å². The summed E-state index contributed by atoms with van der Waals surface area (Å²) in [6.45, 7) is 0. The highest BCUT2D eigenvalue weighted by molar-refractivity contribution is 5.98. The number of halogens is 1. The summed E-state index contributed by atoms with van der Waals surface area (Å²) in [6, 6.07) is 3.26. The second-order valence-corrected chi connectivity index (χ2v) is 3.67. The summed E-state index contributed by atoms with van der Waals surface area (Å²) >= 11 is 0. The zero-order chi connectivity index (χ0) is 11.7. The average molecular weight is 223 g/mol. The lowest BCUT2D eigenvalue weighted by Crippen LogP contribution is -2.39. The van der Waals surface area contributed by atoms with E-state index in [2.05, 4.69) is 5.32 Å². The molecule has 2 N–H and O–H groups in total. The van der Waals surface area contributed by atoms with E-state index in [0.29, 0.717) is 5.56 Å². The minimum Gasteiger partial charge on any atom is -0.480 e. The van der Waals surface area contributed by atoms with Crippen molar-refractivity contribution in [2.75, 3.05) is 0 Å². The van der Waals surface area contributed by atoms with Gasteiger partial charge in [-0.2, -0.15) is 0 Å². The highest BCUT2D eigenvalue weighted by Gasteiger charge is 2.27. The number of aliphatic carboxylic acids is 1. The van der Waals surface area contributed by atoms with Crippen LogP contribution in [0.2, 0.25) is 0 Å². The van der Waals surface area contributed by atoms with Crippen molar-refractivity contribution in [1.82, 2.24) is 5.32 Å². The quantitative estimate of drug-likeness (QED) is 0.745. The first-order valence-electron chi connectivity index (χ1n) is 4.90. The predicted molar refractivity (Wildman–Crippen MR) is 53.6 cm³/mol. The van der Waals surface area contributed by atoms with Gasteiger partial charge in [-0.05, 0) is 25.0 Å². The molecular weight excluding hydrogens is 213 g/mol. The Kier molecular flexibility index (Phi) is 2.60. The van der Waals surface area contributed by atoms with E-state index in [4.69, 9.17) is 5.11 Å². The molecule has 2 rings (SSSR count). The van der Waals surface area contributed by atoms with Crippen LogP contribution >= 0.6 is 0 Å². The summed E-state index contributed by atoms with van der Waals surface area (Å²) in [5.41, 5.74) is 0.521. The third kappa shape index (κ3) is 1.76. The van der Waals surface area contributed by atoms with E-state index in [1.54, 1.807) is 0 Å². The van der Waals surface area contributed by atoms with E-state index < -0.39 is 23.7 Å². The Morgan fingerprint density at radius 1 is 1.50 bits per heavy atom. The highest BCUT2D eigenvalue weighted by Crippen LogP contribution is 2.19. The van der Waals surface area contributed by atoms with Crippen molar-refractivity contribution < 1.29 is 19.1 Å². The maximum Gasteiger partial charge on any atom is 0.326 e. The van der Waals surface area contributed by atoms with Gasteiger partial charge < -0.3 is 10.4 Å². The fourth-order valence-corrected chi connectivity index (χ4v) is 1.81. The molecule has 0 saturated heterocycles. The van der Waals surface area contributed by atoms with Crippen LogP contribution in [0, 0.1) is 5.82 Å². The maximum absolute atomic E-state index is 13.4. The number of fused-ring (bicyclic) bond motifs is 1. The largest absolute Gasteiger partial charge is 0.480 e. The Morgan fingerprint density at radius 3 is 2.94 bits per heavy atom. The van der Waals surface area contributed by atoms with E-state index in [9.17, 15) is 14.0 Å². The molecule has 0 radical (unpaired) electrons. The van der Waals surface area contributed by atoms with Crippen LogP contribution in [-0.2, 0) is 11.2 Å². The number of carbonyl (C=O) groups is 2. The standard InChI is InChI=1S/C11H10FNO3/c12-8-3-1-2-7-6(8)4-5-9(11(15)16)13-10(7)14/h1-3,9H,4-5H2,(H,13,14)(H,15,16). The summed E-state index contributed by atoms with van der Waals surface area (Å²) in [7, 11) is 0. The molecule has 0 spiro atoms. The lowest BCUT2D eigenvalue weighted by molar-refractivity contribution is -0.139. The number of carbonyl (C=O) groups excluding carboxylic acids is 1. The van der Waals surface area contributed by atoms with Crippen molar-refractivity contribution in [2.45, 2.75) is 18.9 Å². The van der Waals surface area contributed by atoms with Gasteiger partial charge in [0.05, 0.1) is 0 Å². The molecule has 1 atom stereocenters. The molecule has 0 saturated carbocycles. The molecule has 0 aromatic heterocycles. The first-order chi connectivity index (χ1) is 7.59.